The average molecular weight is 496 g/mol. The van der Waals surface area contributed by atoms with Gasteiger partial charge in [0.1, 0.15) is 23.6 Å². The Morgan fingerprint density at radius 2 is 1.78 bits per heavy atom. The molecule has 1 amide bonds. The molecule has 3 heterocycles. The first-order valence-corrected chi connectivity index (χ1v) is 12.8. The zero-order chi connectivity index (χ0) is 25.9. The van der Waals surface area contributed by atoms with Crippen LogP contribution in [0.4, 0.5) is 0 Å². The van der Waals surface area contributed by atoms with Crippen molar-refractivity contribution in [2.45, 2.75) is 58.5 Å². The summed E-state index contributed by atoms with van der Waals surface area (Å²) in [4.78, 5) is 30.6. The zero-order valence-corrected chi connectivity index (χ0v) is 22.0. The van der Waals surface area contributed by atoms with Crippen LogP contribution in [-0.2, 0) is 22.0 Å². The molecule has 2 aliphatic rings. The van der Waals surface area contributed by atoms with E-state index in [1.54, 1.807) is 48.8 Å². The Bertz CT molecular complexity index is 1110. The fraction of sp³-hybridized carbons (Fsp3) is 0.556. The van der Waals surface area contributed by atoms with Crippen molar-refractivity contribution in [2.24, 2.45) is 7.05 Å². The summed E-state index contributed by atoms with van der Waals surface area (Å²) in [7, 11) is 1.74. The molecule has 0 aliphatic carbocycles. The van der Waals surface area contributed by atoms with Gasteiger partial charge in [-0.15, -0.1) is 5.10 Å². The van der Waals surface area contributed by atoms with Crippen LogP contribution in [0.2, 0.25) is 0 Å². The normalized spacial score (nSPS) is 17.8. The van der Waals surface area contributed by atoms with E-state index in [1.165, 1.54) is 19.3 Å². The maximum atomic E-state index is 13.6. The van der Waals surface area contributed by atoms with Gasteiger partial charge in [-0.3, -0.25) is 9.69 Å². The summed E-state index contributed by atoms with van der Waals surface area (Å²) in [6.07, 6.45) is 5.11. The Morgan fingerprint density at radius 3 is 2.44 bits per heavy atom. The minimum atomic E-state index is -0.535. The summed E-state index contributed by atoms with van der Waals surface area (Å²) in [6, 6.07) is 7.18. The number of hydrogen-bond acceptors (Lipinski definition) is 7. The number of carbonyl (C=O) groups excluding carboxylic acids is 2. The summed E-state index contributed by atoms with van der Waals surface area (Å²) in [6.45, 7) is 11.7. The summed E-state index contributed by atoms with van der Waals surface area (Å²) in [5.74, 6) is 0.0161. The van der Waals surface area contributed by atoms with E-state index in [1.807, 2.05) is 26.0 Å². The monoisotopic (exact) mass is 495 g/mol. The van der Waals surface area contributed by atoms with E-state index < -0.39 is 11.4 Å². The topological polar surface area (TPSA) is 89.8 Å². The second-order valence-corrected chi connectivity index (χ2v) is 10.5. The number of esters is 1. The van der Waals surface area contributed by atoms with E-state index in [9.17, 15) is 9.59 Å². The van der Waals surface area contributed by atoms with Crippen molar-refractivity contribution in [1.82, 2.24) is 24.8 Å². The van der Waals surface area contributed by atoms with Crippen LogP contribution < -0.4 is 4.74 Å². The van der Waals surface area contributed by atoms with Crippen molar-refractivity contribution < 1.29 is 19.1 Å². The molecule has 0 spiro atoms. The van der Waals surface area contributed by atoms with Crippen molar-refractivity contribution in [2.75, 3.05) is 32.8 Å². The van der Waals surface area contributed by atoms with Gasteiger partial charge in [-0.2, -0.15) is 0 Å². The van der Waals surface area contributed by atoms with Crippen molar-refractivity contribution in [3.05, 3.63) is 47.4 Å². The number of benzene rings is 1. The number of aryl methyl sites for hydroxylation is 1. The Balaban J connectivity index is 1.52. The van der Waals surface area contributed by atoms with Gasteiger partial charge < -0.3 is 14.4 Å². The first-order chi connectivity index (χ1) is 17.2. The Kier molecular flexibility index (Phi) is 7.78. The number of piperidine rings is 1. The highest BCUT2D eigenvalue weighted by molar-refractivity contribution is 6.17. The maximum absolute atomic E-state index is 13.6. The third-order valence-corrected chi connectivity index (χ3v) is 6.62. The lowest BCUT2D eigenvalue weighted by Crippen LogP contribution is -2.37. The largest absolute Gasteiger partial charge is 0.492 e. The lowest BCUT2D eigenvalue weighted by Gasteiger charge is -2.28. The number of carbonyl (C=O) groups is 2. The minimum absolute atomic E-state index is 0.210. The summed E-state index contributed by atoms with van der Waals surface area (Å²) in [5, 5.41) is 8.46. The highest BCUT2D eigenvalue weighted by Gasteiger charge is 2.38. The number of likely N-dealkylation sites (tertiary alicyclic amines) is 1. The maximum Gasteiger partial charge on any atom is 0.342 e. The van der Waals surface area contributed by atoms with Gasteiger partial charge in [0.05, 0.1) is 11.8 Å². The number of aromatic nitrogens is 3. The zero-order valence-electron chi connectivity index (χ0n) is 22.0. The fourth-order valence-electron chi connectivity index (χ4n) is 4.77. The Hall–Kier alpha value is -3.20. The van der Waals surface area contributed by atoms with Gasteiger partial charge in [-0.25, -0.2) is 9.48 Å². The summed E-state index contributed by atoms with van der Waals surface area (Å²) >= 11 is 0. The number of rotatable bonds is 7. The molecule has 1 fully saturated rings. The van der Waals surface area contributed by atoms with Crippen LogP contribution in [0.5, 0.6) is 5.75 Å². The van der Waals surface area contributed by atoms with Crippen molar-refractivity contribution >= 4 is 17.4 Å². The average Bonchev–Trinajstić information content (AvgIpc) is 3.18. The number of fused-ring (bicyclic) bond motifs is 1. The molecule has 0 N–H and O–H groups in total. The standard InChI is InChI=1S/C27H37N5O4/c1-19(2)36-26(34)22-17-32(18-27(3,4)24-23(22)30(5)29-28-24)25(33)20-9-11-21(12-10-20)35-16-15-31-13-7-6-8-14-31/h9-12,17,19H,6-8,13-16,18H2,1-5H3. The highest BCUT2D eigenvalue weighted by atomic mass is 16.5. The van der Waals surface area contributed by atoms with Crippen molar-refractivity contribution in [1.29, 1.82) is 0 Å². The van der Waals surface area contributed by atoms with E-state index in [4.69, 9.17) is 9.47 Å². The second kappa shape index (κ2) is 10.8. The van der Waals surface area contributed by atoms with Crippen LogP contribution >= 0.6 is 0 Å². The van der Waals surface area contributed by atoms with Crippen LogP contribution in [0.1, 0.15) is 68.7 Å². The molecule has 2 aliphatic heterocycles. The van der Waals surface area contributed by atoms with Crippen LogP contribution in [-0.4, -0.2) is 75.6 Å². The van der Waals surface area contributed by atoms with Gasteiger partial charge in [0, 0.05) is 37.3 Å². The molecule has 0 bridgehead atoms. The number of hydrogen-bond donors (Lipinski definition) is 0. The van der Waals surface area contributed by atoms with Crippen molar-refractivity contribution in [3.63, 3.8) is 0 Å². The van der Waals surface area contributed by atoms with Crippen molar-refractivity contribution in [3.8, 4) is 5.75 Å². The van der Waals surface area contributed by atoms with Gasteiger partial charge in [0.25, 0.3) is 5.91 Å². The molecular formula is C27H37N5O4. The Morgan fingerprint density at radius 1 is 1.08 bits per heavy atom. The molecule has 1 saturated heterocycles. The van der Waals surface area contributed by atoms with Gasteiger partial charge in [0.2, 0.25) is 0 Å². The van der Waals surface area contributed by atoms with E-state index in [0.717, 1.165) is 25.4 Å². The van der Waals surface area contributed by atoms with Crippen LogP contribution in [0, 0.1) is 0 Å². The molecule has 9 nitrogen and oxygen atoms in total. The molecule has 1 aromatic carbocycles. The Labute approximate surface area is 213 Å². The second-order valence-electron chi connectivity index (χ2n) is 10.5. The molecule has 0 unspecified atom stereocenters. The molecular weight excluding hydrogens is 458 g/mol. The number of nitrogens with zero attached hydrogens (tertiary/aromatic N) is 5. The highest BCUT2D eigenvalue weighted by Crippen LogP contribution is 2.34. The molecule has 4 rings (SSSR count). The lowest BCUT2D eigenvalue weighted by molar-refractivity contribution is -0.140. The predicted molar refractivity (Wildman–Crippen MR) is 136 cm³/mol. The van der Waals surface area contributed by atoms with Crippen LogP contribution in [0.15, 0.2) is 30.5 Å². The number of amides is 1. The predicted octanol–water partition coefficient (Wildman–Crippen LogP) is 3.41. The van der Waals surface area contributed by atoms with Crippen LogP contribution in [0.3, 0.4) is 0 Å². The molecule has 2 aromatic rings. The molecule has 0 radical (unpaired) electrons. The molecule has 194 valence electrons. The van der Waals surface area contributed by atoms with Gasteiger partial charge in [-0.05, 0) is 64.0 Å². The quantitative estimate of drug-likeness (QED) is 0.544. The van der Waals surface area contributed by atoms with Gasteiger partial charge in [0.15, 0.2) is 0 Å². The lowest BCUT2D eigenvalue weighted by atomic mass is 9.87. The third-order valence-electron chi connectivity index (χ3n) is 6.62. The molecule has 9 heteroatoms. The summed E-state index contributed by atoms with van der Waals surface area (Å²) < 4.78 is 13.0. The third kappa shape index (κ3) is 5.78. The first kappa shape index (κ1) is 25.9. The van der Waals surface area contributed by atoms with E-state index in [-0.39, 0.29) is 17.6 Å². The fourth-order valence-corrected chi connectivity index (χ4v) is 4.77. The van der Waals surface area contributed by atoms with Gasteiger partial charge in [-0.1, -0.05) is 25.5 Å². The van der Waals surface area contributed by atoms with E-state index in [0.29, 0.717) is 30.1 Å². The van der Waals surface area contributed by atoms with Crippen LogP contribution in [0.25, 0.3) is 5.57 Å². The first-order valence-electron chi connectivity index (χ1n) is 12.8. The minimum Gasteiger partial charge on any atom is -0.492 e. The molecule has 0 atom stereocenters. The van der Waals surface area contributed by atoms with Gasteiger partial charge >= 0.3 is 5.97 Å². The van der Waals surface area contributed by atoms with E-state index >= 15 is 0 Å². The molecule has 1 aromatic heterocycles. The molecule has 36 heavy (non-hydrogen) atoms. The van der Waals surface area contributed by atoms with E-state index in [2.05, 4.69) is 15.2 Å². The summed E-state index contributed by atoms with van der Waals surface area (Å²) in [5.41, 5.74) is 1.47. The smallest absolute Gasteiger partial charge is 0.342 e. The number of ether oxygens (including phenoxy) is 2. The molecule has 0 saturated carbocycles. The SMILES string of the molecule is CC(C)OC(=O)C1=CN(C(=O)c2ccc(OCCN3CCCCC3)cc2)CC(C)(C)c2nnn(C)c21.